The van der Waals surface area contributed by atoms with E-state index in [2.05, 4.69) is 5.16 Å². The Bertz CT molecular complexity index is 537. The highest BCUT2D eigenvalue weighted by Crippen LogP contribution is 2.26. The van der Waals surface area contributed by atoms with Crippen molar-refractivity contribution in [3.63, 3.8) is 0 Å². The number of aryl methyl sites for hydroxylation is 1. The molecule has 0 atom stereocenters. The molecule has 4 nitrogen and oxygen atoms in total. The number of nitrogens with two attached hydrogens (primary N) is 1. The quantitative estimate of drug-likeness (QED) is 0.843. The highest BCUT2D eigenvalue weighted by molar-refractivity contribution is 7.98. The van der Waals surface area contributed by atoms with E-state index in [1.54, 1.807) is 12.1 Å². The lowest BCUT2D eigenvalue weighted by Crippen LogP contribution is -2.11. The van der Waals surface area contributed by atoms with Gasteiger partial charge in [-0.05, 0) is 19.1 Å². The number of hydrogen-bond donors (Lipinski definition) is 1. The number of hydrogen-bond acceptors (Lipinski definition) is 4. The predicted molar refractivity (Wildman–Crippen MR) is 65.8 cm³/mol. The van der Waals surface area contributed by atoms with Crippen LogP contribution in [0.5, 0.6) is 0 Å². The van der Waals surface area contributed by atoms with Crippen molar-refractivity contribution in [3.8, 4) is 0 Å². The van der Waals surface area contributed by atoms with E-state index in [0.717, 1.165) is 16.3 Å². The minimum Gasteiger partial charge on any atom is -0.366 e. The molecule has 1 heterocycles. The average molecular weight is 248 g/mol. The van der Waals surface area contributed by atoms with Gasteiger partial charge < -0.3 is 10.3 Å². The molecule has 0 unspecified atom stereocenters. The van der Waals surface area contributed by atoms with Crippen LogP contribution in [0.4, 0.5) is 0 Å². The van der Waals surface area contributed by atoms with Crippen LogP contribution in [0.15, 0.2) is 39.8 Å². The first-order valence-corrected chi connectivity index (χ1v) is 6.09. The van der Waals surface area contributed by atoms with Crippen molar-refractivity contribution >= 4 is 17.7 Å². The second kappa shape index (κ2) is 5.05. The molecule has 2 rings (SSSR count). The van der Waals surface area contributed by atoms with Gasteiger partial charge in [-0.2, -0.15) is 0 Å². The number of aromatic nitrogens is 1. The van der Waals surface area contributed by atoms with Gasteiger partial charge in [0, 0.05) is 11.0 Å². The van der Waals surface area contributed by atoms with Gasteiger partial charge in [-0.15, -0.1) is 11.8 Å². The van der Waals surface area contributed by atoms with Crippen molar-refractivity contribution in [2.24, 2.45) is 5.73 Å². The number of carbonyl (C=O) groups is 1. The van der Waals surface area contributed by atoms with Crippen molar-refractivity contribution in [2.45, 2.75) is 17.6 Å². The Morgan fingerprint density at radius 2 is 2.24 bits per heavy atom. The molecule has 0 fully saturated rings. The Kier molecular flexibility index (Phi) is 3.49. The standard InChI is InChI=1S/C12H12N2O2S/c1-8-6-9(16-14-8)7-17-11-5-3-2-4-10(11)12(13)15/h2-6H,7H2,1H3,(H2,13,15). The van der Waals surface area contributed by atoms with E-state index >= 15 is 0 Å². The van der Waals surface area contributed by atoms with Gasteiger partial charge in [0.2, 0.25) is 5.91 Å². The van der Waals surface area contributed by atoms with Gasteiger partial charge in [-0.25, -0.2) is 0 Å². The summed E-state index contributed by atoms with van der Waals surface area (Å²) in [5.74, 6) is 0.999. The molecule has 0 aliphatic rings. The van der Waals surface area contributed by atoms with Crippen molar-refractivity contribution in [2.75, 3.05) is 0 Å². The molecular weight excluding hydrogens is 236 g/mol. The molecule has 0 bridgehead atoms. The Hall–Kier alpha value is -1.75. The van der Waals surface area contributed by atoms with Gasteiger partial charge in [0.1, 0.15) is 5.76 Å². The van der Waals surface area contributed by atoms with Gasteiger partial charge in [0.15, 0.2) is 0 Å². The second-order valence-corrected chi connectivity index (χ2v) is 4.60. The molecule has 2 N–H and O–H groups in total. The largest absolute Gasteiger partial charge is 0.366 e. The Labute approximate surface area is 103 Å². The summed E-state index contributed by atoms with van der Waals surface area (Å²) >= 11 is 1.51. The summed E-state index contributed by atoms with van der Waals surface area (Å²) in [5, 5.41) is 3.81. The number of rotatable bonds is 4. The van der Waals surface area contributed by atoms with Gasteiger partial charge >= 0.3 is 0 Å². The van der Waals surface area contributed by atoms with Crippen LogP contribution in [0.25, 0.3) is 0 Å². The minimum absolute atomic E-state index is 0.415. The molecule has 1 amide bonds. The molecule has 2 aromatic rings. The molecule has 0 saturated heterocycles. The lowest BCUT2D eigenvalue weighted by molar-refractivity contribution is 0.0997. The zero-order valence-corrected chi connectivity index (χ0v) is 10.2. The Balaban J connectivity index is 2.11. The summed E-state index contributed by atoms with van der Waals surface area (Å²) in [5.41, 5.74) is 6.69. The van der Waals surface area contributed by atoms with E-state index in [4.69, 9.17) is 10.3 Å². The molecule has 0 radical (unpaired) electrons. The first-order chi connectivity index (χ1) is 8.16. The van der Waals surface area contributed by atoms with Crippen LogP contribution in [-0.4, -0.2) is 11.1 Å². The SMILES string of the molecule is Cc1cc(CSc2ccccc2C(N)=O)on1. The number of nitrogens with zero attached hydrogens (tertiary/aromatic N) is 1. The molecular formula is C12H12N2O2S. The fraction of sp³-hybridized carbons (Fsp3) is 0.167. The monoisotopic (exact) mass is 248 g/mol. The summed E-state index contributed by atoms with van der Waals surface area (Å²) in [7, 11) is 0. The molecule has 1 aromatic heterocycles. The first kappa shape index (κ1) is 11.7. The molecule has 0 spiro atoms. The molecule has 5 heteroatoms. The van der Waals surface area contributed by atoms with Crippen molar-refractivity contribution in [3.05, 3.63) is 47.3 Å². The third-order valence-electron chi connectivity index (χ3n) is 2.20. The molecule has 0 saturated carbocycles. The van der Waals surface area contributed by atoms with Crippen LogP contribution in [-0.2, 0) is 5.75 Å². The van der Waals surface area contributed by atoms with E-state index in [1.807, 2.05) is 25.1 Å². The summed E-state index contributed by atoms with van der Waals surface area (Å²) in [6, 6.07) is 9.13. The third-order valence-corrected chi connectivity index (χ3v) is 3.30. The van der Waals surface area contributed by atoms with Crippen molar-refractivity contribution in [1.82, 2.24) is 5.16 Å². The van der Waals surface area contributed by atoms with Crippen molar-refractivity contribution in [1.29, 1.82) is 0 Å². The topological polar surface area (TPSA) is 69.1 Å². The van der Waals surface area contributed by atoms with Gasteiger partial charge in [-0.3, -0.25) is 4.79 Å². The second-order valence-electron chi connectivity index (χ2n) is 3.58. The maximum Gasteiger partial charge on any atom is 0.249 e. The van der Waals surface area contributed by atoms with Crippen LogP contribution in [0, 0.1) is 6.92 Å². The van der Waals surface area contributed by atoms with Crippen LogP contribution < -0.4 is 5.73 Å². The number of amides is 1. The molecule has 0 aliphatic heterocycles. The van der Waals surface area contributed by atoms with E-state index in [9.17, 15) is 4.79 Å². The maximum atomic E-state index is 11.2. The van der Waals surface area contributed by atoms with Gasteiger partial charge in [-0.1, -0.05) is 17.3 Å². The van der Waals surface area contributed by atoms with E-state index < -0.39 is 5.91 Å². The lowest BCUT2D eigenvalue weighted by Gasteiger charge is -2.04. The first-order valence-electron chi connectivity index (χ1n) is 5.10. The average Bonchev–Trinajstić information content (AvgIpc) is 2.73. The van der Waals surface area contributed by atoms with E-state index in [1.165, 1.54) is 11.8 Å². The zero-order chi connectivity index (χ0) is 12.3. The highest BCUT2D eigenvalue weighted by atomic mass is 32.2. The molecule has 88 valence electrons. The highest BCUT2D eigenvalue weighted by Gasteiger charge is 2.09. The normalized spacial score (nSPS) is 10.4. The summed E-state index contributed by atoms with van der Waals surface area (Å²) in [6.07, 6.45) is 0. The van der Waals surface area contributed by atoms with E-state index in [0.29, 0.717) is 11.3 Å². The summed E-state index contributed by atoms with van der Waals surface area (Å²) < 4.78 is 5.10. The zero-order valence-electron chi connectivity index (χ0n) is 9.34. The minimum atomic E-state index is -0.415. The smallest absolute Gasteiger partial charge is 0.249 e. The number of primary amides is 1. The Morgan fingerprint density at radius 3 is 2.88 bits per heavy atom. The van der Waals surface area contributed by atoms with Crippen LogP contribution in [0.3, 0.4) is 0 Å². The lowest BCUT2D eigenvalue weighted by atomic mass is 10.2. The van der Waals surface area contributed by atoms with Crippen molar-refractivity contribution < 1.29 is 9.32 Å². The summed E-state index contributed by atoms with van der Waals surface area (Å²) in [4.78, 5) is 12.1. The Morgan fingerprint density at radius 1 is 1.47 bits per heavy atom. The third kappa shape index (κ3) is 2.88. The molecule has 1 aromatic carbocycles. The predicted octanol–water partition coefficient (Wildman–Crippen LogP) is 2.37. The molecule has 17 heavy (non-hydrogen) atoms. The number of benzene rings is 1. The van der Waals surface area contributed by atoms with Gasteiger partial charge in [0.05, 0.1) is 17.0 Å². The van der Waals surface area contributed by atoms with Crippen LogP contribution in [0.2, 0.25) is 0 Å². The van der Waals surface area contributed by atoms with E-state index in [-0.39, 0.29) is 0 Å². The summed E-state index contributed by atoms with van der Waals surface area (Å²) in [6.45, 7) is 1.87. The van der Waals surface area contributed by atoms with Crippen LogP contribution in [0.1, 0.15) is 21.8 Å². The fourth-order valence-electron chi connectivity index (χ4n) is 1.43. The maximum absolute atomic E-state index is 11.2. The fourth-order valence-corrected chi connectivity index (χ4v) is 2.36. The number of thioether (sulfide) groups is 1. The molecule has 0 aliphatic carbocycles. The van der Waals surface area contributed by atoms with Gasteiger partial charge in [0.25, 0.3) is 0 Å². The van der Waals surface area contributed by atoms with Crippen LogP contribution >= 0.6 is 11.8 Å². The number of carbonyl (C=O) groups excluding carboxylic acids is 1.